The highest BCUT2D eigenvalue weighted by Gasteiger charge is 2.22. The summed E-state index contributed by atoms with van der Waals surface area (Å²) < 4.78 is 7.52. The van der Waals surface area contributed by atoms with Crippen LogP contribution in [0.2, 0.25) is 0 Å². The lowest BCUT2D eigenvalue weighted by molar-refractivity contribution is 0.0544. The van der Waals surface area contributed by atoms with Gasteiger partial charge in [0.2, 0.25) is 0 Å². The number of aromatic nitrogens is 1. The van der Waals surface area contributed by atoms with E-state index in [9.17, 15) is 9.59 Å². The molecule has 0 fully saturated rings. The molecule has 1 aromatic carbocycles. The smallest absolute Gasteiger partial charge is 0.419 e. The first-order chi connectivity index (χ1) is 9.20. The number of fused-ring (bicyclic) bond motifs is 1. The first kappa shape index (κ1) is 14.8. The number of carbonyl (C=O) groups excluding carboxylic acids is 2. The van der Waals surface area contributed by atoms with E-state index in [4.69, 9.17) is 4.74 Å². The van der Waals surface area contributed by atoms with E-state index in [1.54, 1.807) is 26.8 Å². The normalized spacial score (nSPS) is 11.7. The van der Waals surface area contributed by atoms with Gasteiger partial charge in [-0.2, -0.15) is 0 Å². The molecule has 2 rings (SSSR count). The van der Waals surface area contributed by atoms with Crippen molar-refractivity contribution >= 4 is 38.7 Å². The van der Waals surface area contributed by atoms with Crippen LogP contribution in [0.4, 0.5) is 4.79 Å². The zero-order valence-corrected chi connectivity index (χ0v) is 13.4. The maximum atomic E-state index is 12.2. The minimum absolute atomic E-state index is 0.0933. The molecule has 0 bridgehead atoms. The Morgan fingerprint density at radius 3 is 2.45 bits per heavy atom. The van der Waals surface area contributed by atoms with Crippen molar-refractivity contribution in [2.75, 3.05) is 0 Å². The van der Waals surface area contributed by atoms with E-state index in [1.807, 2.05) is 12.1 Å². The van der Waals surface area contributed by atoms with Crippen LogP contribution in [0.3, 0.4) is 0 Å². The van der Waals surface area contributed by atoms with Gasteiger partial charge in [-0.1, -0.05) is 22.0 Å². The number of carbonyl (C=O) groups is 2. The predicted octanol–water partition coefficient (Wildman–Crippen LogP) is 4.39. The van der Waals surface area contributed by atoms with Crippen LogP contribution in [0.5, 0.6) is 0 Å². The van der Waals surface area contributed by atoms with Gasteiger partial charge in [-0.25, -0.2) is 4.79 Å². The van der Waals surface area contributed by atoms with Crippen molar-refractivity contribution in [2.24, 2.45) is 0 Å². The molecule has 4 nitrogen and oxygen atoms in total. The van der Waals surface area contributed by atoms with Gasteiger partial charge in [0.05, 0.1) is 5.52 Å². The zero-order chi connectivity index (χ0) is 15.1. The largest absolute Gasteiger partial charge is 0.443 e. The lowest BCUT2D eigenvalue weighted by Gasteiger charge is -2.19. The van der Waals surface area contributed by atoms with Crippen molar-refractivity contribution in [1.29, 1.82) is 0 Å². The molecule has 0 aliphatic carbocycles. The van der Waals surface area contributed by atoms with Gasteiger partial charge in [-0.15, -0.1) is 0 Å². The first-order valence-corrected chi connectivity index (χ1v) is 7.04. The maximum absolute atomic E-state index is 12.2. The maximum Gasteiger partial charge on any atom is 0.419 e. The molecule has 0 radical (unpaired) electrons. The fourth-order valence-corrected chi connectivity index (χ4v) is 2.54. The second kappa shape index (κ2) is 5.05. The molecule has 5 heteroatoms. The Morgan fingerprint density at radius 1 is 1.25 bits per heavy atom. The molecule has 0 atom stereocenters. The number of nitrogens with zero attached hydrogens (tertiary/aromatic N) is 1. The SMILES string of the molecule is CC(=O)c1cn(C(=O)OC(C)(C)C)c2cccc(Br)c12. The third kappa shape index (κ3) is 2.77. The lowest BCUT2D eigenvalue weighted by Crippen LogP contribution is -2.26. The summed E-state index contributed by atoms with van der Waals surface area (Å²) in [5.41, 5.74) is 0.563. The standard InChI is InChI=1S/C15H16BrNO3/c1-9(18)10-8-17(14(19)20-15(2,3)4)12-7-5-6-11(16)13(10)12/h5-8H,1-4H3. The highest BCUT2D eigenvalue weighted by atomic mass is 79.9. The summed E-state index contributed by atoms with van der Waals surface area (Å²) in [5, 5.41) is 0.728. The number of halogens is 1. The fourth-order valence-electron chi connectivity index (χ4n) is 1.97. The summed E-state index contributed by atoms with van der Waals surface area (Å²) >= 11 is 3.42. The summed E-state index contributed by atoms with van der Waals surface area (Å²) in [6.45, 7) is 6.89. The fraction of sp³-hybridized carbons (Fsp3) is 0.333. The number of hydrogen-bond donors (Lipinski definition) is 0. The molecule has 0 aliphatic heterocycles. The summed E-state index contributed by atoms with van der Waals surface area (Å²) in [7, 11) is 0. The van der Waals surface area contributed by atoms with Crippen LogP contribution in [-0.2, 0) is 4.74 Å². The molecule has 1 heterocycles. The van der Waals surface area contributed by atoms with Gasteiger partial charge in [-0.05, 0) is 39.8 Å². The molecule has 106 valence electrons. The van der Waals surface area contributed by atoms with E-state index < -0.39 is 11.7 Å². The van der Waals surface area contributed by atoms with Gasteiger partial charge < -0.3 is 4.74 Å². The van der Waals surface area contributed by atoms with E-state index in [0.29, 0.717) is 11.1 Å². The summed E-state index contributed by atoms with van der Waals surface area (Å²) in [5.74, 6) is -0.0933. The van der Waals surface area contributed by atoms with Crippen LogP contribution in [-0.4, -0.2) is 22.0 Å². The van der Waals surface area contributed by atoms with Crippen molar-refractivity contribution in [3.63, 3.8) is 0 Å². The molecule has 0 spiro atoms. The van der Waals surface area contributed by atoms with Gasteiger partial charge in [0.1, 0.15) is 5.60 Å². The first-order valence-electron chi connectivity index (χ1n) is 6.24. The Morgan fingerprint density at radius 2 is 1.90 bits per heavy atom. The summed E-state index contributed by atoms with van der Waals surface area (Å²) in [6, 6.07) is 5.45. The van der Waals surface area contributed by atoms with Crippen LogP contribution in [0, 0.1) is 0 Å². The second-order valence-electron chi connectivity index (χ2n) is 5.58. The molecular weight excluding hydrogens is 322 g/mol. The predicted molar refractivity (Wildman–Crippen MR) is 81.3 cm³/mol. The summed E-state index contributed by atoms with van der Waals surface area (Å²) in [6.07, 6.45) is 1.04. The van der Waals surface area contributed by atoms with Gasteiger partial charge in [-0.3, -0.25) is 9.36 Å². The van der Waals surface area contributed by atoms with Gasteiger partial charge in [0.25, 0.3) is 0 Å². The van der Waals surface area contributed by atoms with Crippen LogP contribution in [0.15, 0.2) is 28.9 Å². The Balaban J connectivity index is 2.64. The Labute approximate surface area is 125 Å². The van der Waals surface area contributed by atoms with Crippen molar-refractivity contribution in [1.82, 2.24) is 4.57 Å². The minimum atomic E-state index is -0.587. The van der Waals surface area contributed by atoms with E-state index in [1.165, 1.54) is 17.7 Å². The Kier molecular flexibility index (Phi) is 3.73. The van der Waals surface area contributed by atoms with E-state index in [2.05, 4.69) is 15.9 Å². The van der Waals surface area contributed by atoms with Crippen LogP contribution in [0.1, 0.15) is 38.1 Å². The van der Waals surface area contributed by atoms with Crippen molar-refractivity contribution in [2.45, 2.75) is 33.3 Å². The van der Waals surface area contributed by atoms with Crippen LogP contribution < -0.4 is 0 Å². The van der Waals surface area contributed by atoms with Crippen molar-refractivity contribution in [3.05, 3.63) is 34.4 Å². The molecule has 20 heavy (non-hydrogen) atoms. The Hall–Kier alpha value is -1.62. The second-order valence-corrected chi connectivity index (χ2v) is 6.44. The van der Waals surface area contributed by atoms with E-state index >= 15 is 0 Å². The van der Waals surface area contributed by atoms with Crippen molar-refractivity contribution in [3.8, 4) is 0 Å². The average Bonchev–Trinajstić information content (AvgIpc) is 2.67. The van der Waals surface area contributed by atoms with Gasteiger partial charge in [0.15, 0.2) is 5.78 Å². The van der Waals surface area contributed by atoms with Gasteiger partial charge >= 0.3 is 6.09 Å². The molecule has 0 aliphatic rings. The monoisotopic (exact) mass is 337 g/mol. The molecule has 0 N–H and O–H groups in total. The van der Waals surface area contributed by atoms with E-state index in [0.717, 1.165) is 9.86 Å². The third-order valence-electron chi connectivity index (χ3n) is 2.75. The lowest BCUT2D eigenvalue weighted by atomic mass is 10.1. The number of ketones is 1. The molecular formula is C15H16BrNO3. The number of benzene rings is 1. The number of Topliss-reactive ketones (excluding diaryl/α,β-unsaturated/α-hetero) is 1. The number of rotatable bonds is 1. The number of ether oxygens (including phenoxy) is 1. The third-order valence-corrected chi connectivity index (χ3v) is 3.41. The van der Waals surface area contributed by atoms with Gasteiger partial charge in [0, 0.05) is 21.6 Å². The quantitative estimate of drug-likeness (QED) is 0.725. The molecule has 0 amide bonds. The molecule has 1 aromatic heterocycles. The molecule has 0 unspecified atom stereocenters. The average molecular weight is 338 g/mol. The minimum Gasteiger partial charge on any atom is -0.443 e. The molecule has 0 saturated heterocycles. The highest BCUT2D eigenvalue weighted by molar-refractivity contribution is 9.10. The van der Waals surface area contributed by atoms with Crippen molar-refractivity contribution < 1.29 is 14.3 Å². The molecule has 2 aromatic rings. The van der Waals surface area contributed by atoms with E-state index in [-0.39, 0.29) is 5.78 Å². The Bertz CT molecular complexity index is 695. The zero-order valence-electron chi connectivity index (χ0n) is 11.9. The topological polar surface area (TPSA) is 48.3 Å². The van der Waals surface area contributed by atoms with Crippen LogP contribution >= 0.6 is 15.9 Å². The summed E-state index contributed by atoms with van der Waals surface area (Å²) in [4.78, 5) is 24.0. The number of hydrogen-bond acceptors (Lipinski definition) is 3. The molecule has 0 saturated carbocycles. The highest BCUT2D eigenvalue weighted by Crippen LogP contribution is 2.30. The van der Waals surface area contributed by atoms with Crippen LogP contribution in [0.25, 0.3) is 10.9 Å².